The highest BCUT2D eigenvalue weighted by Gasteiger charge is 2.08. The van der Waals surface area contributed by atoms with Gasteiger partial charge >= 0.3 is 0 Å². The zero-order valence-electron chi connectivity index (χ0n) is 5.36. The van der Waals surface area contributed by atoms with E-state index >= 15 is 0 Å². The molecule has 0 bridgehead atoms. The van der Waals surface area contributed by atoms with Gasteiger partial charge in [0.15, 0.2) is 0 Å². The van der Waals surface area contributed by atoms with Crippen molar-refractivity contribution in [3.05, 3.63) is 29.8 Å². The maximum Gasteiger partial charge on any atom is 0.0431 e. The summed E-state index contributed by atoms with van der Waals surface area (Å²) in [6.07, 6.45) is 1.85. The van der Waals surface area contributed by atoms with E-state index in [1.165, 1.54) is 10.5 Å². The molecule has 0 saturated carbocycles. The van der Waals surface area contributed by atoms with Crippen molar-refractivity contribution in [3.63, 3.8) is 0 Å². The fourth-order valence-corrected chi connectivity index (χ4v) is 2.00. The first-order valence-corrected chi connectivity index (χ1v) is 4.42. The van der Waals surface area contributed by atoms with E-state index in [1.54, 1.807) is 0 Å². The number of benzene rings is 1. The molecule has 1 heterocycles. The van der Waals surface area contributed by atoms with Crippen LogP contribution in [0.2, 0.25) is 0 Å². The molecule has 0 fully saturated rings. The summed E-state index contributed by atoms with van der Waals surface area (Å²) in [5.41, 5.74) is 1.18. The van der Waals surface area contributed by atoms with Crippen LogP contribution in [-0.4, -0.2) is 6.21 Å². The molecule has 0 amide bonds. The molecule has 0 aromatic heterocycles. The van der Waals surface area contributed by atoms with Crippen LogP contribution in [-0.2, 0) is 0 Å². The smallest absolute Gasteiger partial charge is 0.0431 e. The monoisotopic (exact) mass is 152 g/mol. The molecule has 0 aliphatic carbocycles. The number of nitrogens with zero attached hydrogens (tertiary/aromatic N) is 1. The van der Waals surface area contributed by atoms with Gasteiger partial charge in [0.2, 0.25) is 0 Å². The van der Waals surface area contributed by atoms with E-state index < -0.39 is 11.3 Å². The Morgan fingerprint density at radius 1 is 1.30 bits per heavy atom. The van der Waals surface area contributed by atoms with Gasteiger partial charge in [-0.05, 0) is 6.07 Å². The molecule has 1 atom stereocenters. The van der Waals surface area contributed by atoms with Crippen LogP contribution < -0.4 is 5.14 Å². The Bertz CT molecular complexity index is 283. The topological polar surface area (TPSA) is 38.4 Å². The second-order valence-electron chi connectivity index (χ2n) is 2.15. The maximum absolute atomic E-state index is 5.71. The largest absolute Gasteiger partial charge is 0.276 e. The van der Waals surface area contributed by atoms with E-state index in [1.807, 2.05) is 30.5 Å². The van der Waals surface area contributed by atoms with Crippen molar-refractivity contribution in [1.29, 1.82) is 0 Å². The summed E-state index contributed by atoms with van der Waals surface area (Å²) < 4.78 is 4.12. The van der Waals surface area contributed by atoms with E-state index in [2.05, 4.69) is 4.40 Å². The normalized spacial score (nSPS) is 24.7. The fraction of sp³-hybridized carbons (Fsp3) is 0. The van der Waals surface area contributed by atoms with Gasteiger partial charge in [0.25, 0.3) is 0 Å². The molecule has 2 rings (SSSR count). The average Bonchev–Trinajstić information content (AvgIpc) is 2.34. The summed E-state index contributed by atoms with van der Waals surface area (Å²) in [7, 11) is 0. The Balaban J connectivity index is 2.59. The summed E-state index contributed by atoms with van der Waals surface area (Å²) in [6, 6.07) is 8.07. The minimum atomic E-state index is -0.711. The van der Waals surface area contributed by atoms with E-state index in [0.717, 1.165) is 0 Å². The van der Waals surface area contributed by atoms with E-state index in [-0.39, 0.29) is 0 Å². The molecule has 1 aliphatic heterocycles. The van der Waals surface area contributed by atoms with Gasteiger partial charge in [0.05, 0.1) is 0 Å². The number of fused-ring (bicyclic) bond motifs is 1. The van der Waals surface area contributed by atoms with Crippen LogP contribution in [0.5, 0.6) is 0 Å². The highest BCUT2D eigenvalue weighted by atomic mass is 32.2. The lowest BCUT2D eigenvalue weighted by molar-refractivity contribution is 1.44. The van der Waals surface area contributed by atoms with Crippen LogP contribution in [0.3, 0.4) is 0 Å². The van der Waals surface area contributed by atoms with Gasteiger partial charge in [-0.15, -0.1) is 0 Å². The summed E-state index contributed by atoms with van der Waals surface area (Å²) in [5, 5.41) is 5.71. The van der Waals surface area contributed by atoms with Gasteiger partial charge in [-0.2, -0.15) is 0 Å². The lowest BCUT2D eigenvalue weighted by Gasteiger charge is -2.04. The Morgan fingerprint density at radius 3 is 2.90 bits per heavy atom. The fourth-order valence-electron chi connectivity index (χ4n) is 0.992. The molecule has 0 radical (unpaired) electrons. The van der Waals surface area contributed by atoms with Crippen LogP contribution >= 0.6 is 11.3 Å². The molecule has 3 heteroatoms. The predicted molar refractivity (Wildman–Crippen MR) is 45.5 cm³/mol. The first kappa shape index (κ1) is 5.95. The third kappa shape index (κ3) is 0.751. The summed E-state index contributed by atoms with van der Waals surface area (Å²) in [5.74, 6) is 0. The molecule has 1 unspecified atom stereocenters. The van der Waals surface area contributed by atoms with Gasteiger partial charge < -0.3 is 0 Å². The lowest BCUT2D eigenvalue weighted by atomic mass is 10.2. The van der Waals surface area contributed by atoms with Crippen LogP contribution in [0.4, 0.5) is 0 Å². The molecule has 2 nitrogen and oxygen atoms in total. The van der Waals surface area contributed by atoms with Gasteiger partial charge in [-0.3, -0.25) is 5.14 Å². The number of nitrogens with two attached hydrogens (primary N) is 1. The Kier molecular flexibility index (Phi) is 1.25. The van der Waals surface area contributed by atoms with E-state index in [9.17, 15) is 0 Å². The van der Waals surface area contributed by atoms with Crippen LogP contribution in [0.15, 0.2) is 33.6 Å². The third-order valence-corrected chi connectivity index (χ3v) is 2.77. The number of hydrogen-bond donors (Lipinski definition) is 2. The lowest BCUT2D eigenvalue weighted by Crippen LogP contribution is -1.87. The van der Waals surface area contributed by atoms with Gasteiger partial charge in [-0.25, -0.2) is 4.40 Å². The van der Waals surface area contributed by atoms with Crippen molar-refractivity contribution in [1.82, 2.24) is 0 Å². The third-order valence-electron chi connectivity index (χ3n) is 1.50. The van der Waals surface area contributed by atoms with Crippen LogP contribution in [0.1, 0.15) is 5.56 Å². The van der Waals surface area contributed by atoms with Gasteiger partial charge in [0.1, 0.15) is 0 Å². The van der Waals surface area contributed by atoms with Crippen LogP contribution in [0, 0.1) is 0 Å². The van der Waals surface area contributed by atoms with Gasteiger partial charge in [-0.1, -0.05) is 29.5 Å². The summed E-state index contributed by atoms with van der Waals surface area (Å²) in [4.78, 5) is 1.19. The zero-order chi connectivity index (χ0) is 6.97. The number of rotatable bonds is 0. The van der Waals surface area contributed by atoms with E-state index in [0.29, 0.717) is 0 Å². The molecular formula is C7H8N2S. The van der Waals surface area contributed by atoms with Crippen molar-refractivity contribution in [2.75, 3.05) is 0 Å². The molecule has 1 aliphatic rings. The Labute approximate surface area is 62.4 Å². The van der Waals surface area contributed by atoms with Crippen molar-refractivity contribution < 1.29 is 0 Å². The highest BCUT2D eigenvalue weighted by molar-refractivity contribution is 8.14. The molecule has 0 spiro atoms. The second-order valence-corrected chi connectivity index (χ2v) is 3.55. The minimum absolute atomic E-state index is 0.711. The standard InChI is InChI=1S/C7H8N2S/c8-10-7-4-2-1-3-6(7)5-9-10/h1-5,10H,8H2. The van der Waals surface area contributed by atoms with Crippen molar-refractivity contribution in [3.8, 4) is 0 Å². The average molecular weight is 152 g/mol. The molecule has 10 heavy (non-hydrogen) atoms. The predicted octanol–water partition coefficient (Wildman–Crippen LogP) is 1.27. The summed E-state index contributed by atoms with van der Waals surface area (Å²) >= 11 is -0.711. The Morgan fingerprint density at radius 2 is 2.10 bits per heavy atom. The number of thiol groups is 1. The van der Waals surface area contributed by atoms with Gasteiger partial charge in [0, 0.05) is 16.7 Å². The summed E-state index contributed by atoms with van der Waals surface area (Å²) in [6.45, 7) is 0. The van der Waals surface area contributed by atoms with Crippen molar-refractivity contribution >= 4 is 17.5 Å². The first-order valence-electron chi connectivity index (χ1n) is 3.06. The Hall–Kier alpha value is -0.800. The number of hydrogen-bond acceptors (Lipinski definition) is 2. The highest BCUT2D eigenvalue weighted by Crippen LogP contribution is 2.36. The molecule has 1 aromatic rings. The molecule has 52 valence electrons. The SMILES string of the molecule is N[SH]1N=Cc2ccccc21. The zero-order valence-corrected chi connectivity index (χ0v) is 6.25. The molecular weight excluding hydrogens is 144 g/mol. The molecule has 2 N–H and O–H groups in total. The van der Waals surface area contributed by atoms with Crippen molar-refractivity contribution in [2.45, 2.75) is 4.90 Å². The maximum atomic E-state index is 5.71. The quantitative estimate of drug-likeness (QED) is 0.540. The molecule has 0 saturated heterocycles. The van der Waals surface area contributed by atoms with Crippen LogP contribution in [0.25, 0.3) is 0 Å². The first-order chi connectivity index (χ1) is 4.88. The van der Waals surface area contributed by atoms with Crippen molar-refractivity contribution in [2.24, 2.45) is 9.54 Å². The minimum Gasteiger partial charge on any atom is -0.276 e. The second kappa shape index (κ2) is 2.11. The van der Waals surface area contributed by atoms with E-state index in [4.69, 9.17) is 5.14 Å². The molecule has 1 aromatic carbocycles.